The Morgan fingerprint density at radius 2 is 2.04 bits per heavy atom. The number of hydrogen-bond acceptors (Lipinski definition) is 4. The van der Waals surface area contributed by atoms with E-state index in [1.54, 1.807) is 12.1 Å². The molecule has 0 aromatic heterocycles. The van der Waals surface area contributed by atoms with Crippen LogP contribution in [0.25, 0.3) is 0 Å². The van der Waals surface area contributed by atoms with Crippen molar-refractivity contribution in [2.45, 2.75) is 38.7 Å². The zero-order chi connectivity index (χ0) is 16.3. The van der Waals surface area contributed by atoms with Crippen LogP contribution in [-0.4, -0.2) is 24.6 Å². The van der Waals surface area contributed by atoms with Gasteiger partial charge in [0.25, 0.3) is 0 Å². The third-order valence-corrected chi connectivity index (χ3v) is 4.89. The number of carbonyl (C=O) groups is 2. The summed E-state index contributed by atoms with van der Waals surface area (Å²) in [6, 6.07) is 9.00. The molecule has 3 atom stereocenters. The zero-order valence-corrected chi connectivity index (χ0v) is 13.4. The van der Waals surface area contributed by atoms with Crippen molar-refractivity contribution in [3.63, 3.8) is 0 Å². The Hall–Kier alpha value is -2.10. The summed E-state index contributed by atoms with van der Waals surface area (Å²) in [5.74, 6) is -0.484. The normalized spacial score (nSPS) is 30.6. The lowest BCUT2D eigenvalue weighted by Crippen LogP contribution is -2.39. The van der Waals surface area contributed by atoms with E-state index in [1.165, 1.54) is 0 Å². The number of rotatable bonds is 3. The molecule has 1 aromatic rings. The maximum absolute atomic E-state index is 12.1. The molecule has 4 nitrogen and oxygen atoms in total. The highest BCUT2D eigenvalue weighted by Crippen LogP contribution is 2.42. The van der Waals surface area contributed by atoms with Crippen LogP contribution in [0.4, 0.5) is 0 Å². The van der Waals surface area contributed by atoms with Gasteiger partial charge < -0.3 is 9.47 Å². The fraction of sp³-hybridized carbons (Fsp3) is 0.474. The lowest BCUT2D eigenvalue weighted by molar-refractivity contribution is -0.157. The van der Waals surface area contributed by atoms with E-state index in [2.05, 4.69) is 6.92 Å². The molecule has 1 aliphatic heterocycles. The van der Waals surface area contributed by atoms with Crippen molar-refractivity contribution in [3.05, 3.63) is 48.0 Å². The largest absolute Gasteiger partial charge is 0.465 e. The fourth-order valence-corrected chi connectivity index (χ4v) is 3.41. The van der Waals surface area contributed by atoms with Gasteiger partial charge in [-0.1, -0.05) is 31.2 Å². The summed E-state index contributed by atoms with van der Waals surface area (Å²) in [5.41, 5.74) is 0.359. The predicted molar refractivity (Wildman–Crippen MR) is 85.8 cm³/mol. The number of cyclic esters (lactones) is 1. The van der Waals surface area contributed by atoms with E-state index in [0.29, 0.717) is 12.2 Å². The first kappa shape index (κ1) is 15.8. The average Bonchev–Trinajstić information content (AvgIpc) is 2.58. The van der Waals surface area contributed by atoms with Crippen LogP contribution in [0.1, 0.15) is 43.0 Å². The number of carbonyl (C=O) groups excluding carboxylic acids is 2. The first-order valence-corrected chi connectivity index (χ1v) is 8.20. The molecule has 0 unspecified atom stereocenters. The van der Waals surface area contributed by atoms with Crippen molar-refractivity contribution in [1.82, 2.24) is 0 Å². The van der Waals surface area contributed by atoms with Crippen LogP contribution in [0, 0.1) is 11.3 Å². The van der Waals surface area contributed by atoms with Gasteiger partial charge in [0.1, 0.15) is 6.10 Å². The van der Waals surface area contributed by atoms with Crippen molar-refractivity contribution < 1.29 is 19.1 Å². The van der Waals surface area contributed by atoms with Crippen LogP contribution < -0.4 is 0 Å². The first-order chi connectivity index (χ1) is 11.1. The Kier molecular flexibility index (Phi) is 4.51. The highest BCUT2D eigenvalue weighted by Gasteiger charge is 2.41. The molecule has 0 N–H and O–H groups in total. The predicted octanol–water partition coefficient (Wildman–Crippen LogP) is 3.52. The van der Waals surface area contributed by atoms with Crippen molar-refractivity contribution in [3.8, 4) is 0 Å². The first-order valence-electron chi connectivity index (χ1n) is 8.20. The summed E-state index contributed by atoms with van der Waals surface area (Å²) in [4.78, 5) is 24.1. The minimum atomic E-state index is -0.305. The van der Waals surface area contributed by atoms with E-state index in [4.69, 9.17) is 9.47 Å². The molecule has 0 saturated carbocycles. The molecule has 23 heavy (non-hydrogen) atoms. The topological polar surface area (TPSA) is 52.6 Å². The number of allylic oxidation sites excluding steroid dienone is 1. The van der Waals surface area contributed by atoms with Gasteiger partial charge in [-0.05, 0) is 49.3 Å². The minimum Gasteiger partial charge on any atom is -0.465 e. The van der Waals surface area contributed by atoms with Crippen molar-refractivity contribution in [2.75, 3.05) is 6.61 Å². The Morgan fingerprint density at radius 1 is 1.26 bits per heavy atom. The Balaban J connectivity index is 1.64. The molecule has 2 aliphatic rings. The van der Waals surface area contributed by atoms with Crippen molar-refractivity contribution in [2.24, 2.45) is 11.3 Å². The molecular formula is C19H22O4. The summed E-state index contributed by atoms with van der Waals surface area (Å²) in [6.07, 6.45) is 7.07. The summed E-state index contributed by atoms with van der Waals surface area (Å²) < 4.78 is 10.7. The van der Waals surface area contributed by atoms with Gasteiger partial charge in [-0.3, -0.25) is 4.79 Å². The summed E-state index contributed by atoms with van der Waals surface area (Å²) in [5, 5.41) is 0. The van der Waals surface area contributed by atoms with Crippen LogP contribution in [0.15, 0.2) is 42.5 Å². The van der Waals surface area contributed by atoms with E-state index in [1.807, 2.05) is 30.4 Å². The van der Waals surface area contributed by atoms with Crippen molar-refractivity contribution >= 4 is 11.9 Å². The van der Waals surface area contributed by atoms with Crippen LogP contribution in [0.3, 0.4) is 0 Å². The average molecular weight is 314 g/mol. The lowest BCUT2D eigenvalue weighted by Gasteiger charge is -2.39. The molecule has 1 heterocycles. The number of esters is 2. The number of ether oxygens (including phenoxy) is 2. The molecule has 1 saturated heterocycles. The summed E-state index contributed by atoms with van der Waals surface area (Å²) >= 11 is 0. The number of hydrogen-bond donors (Lipinski definition) is 0. The maximum Gasteiger partial charge on any atom is 0.338 e. The zero-order valence-electron chi connectivity index (χ0n) is 13.4. The SMILES string of the molecule is C[C@@]1([C@@H]2CCCOC2=O)C=C[C@@H](OC(=O)c2ccccc2)CC1. The minimum absolute atomic E-state index is 0.0849. The fourth-order valence-electron chi connectivity index (χ4n) is 3.41. The molecule has 4 heteroatoms. The molecule has 122 valence electrons. The van der Waals surface area contributed by atoms with Crippen LogP contribution in [0.5, 0.6) is 0 Å². The Bertz CT molecular complexity index is 607. The van der Waals surface area contributed by atoms with E-state index in [0.717, 1.165) is 25.7 Å². The molecule has 3 rings (SSSR count). The van der Waals surface area contributed by atoms with E-state index >= 15 is 0 Å². The Morgan fingerprint density at radius 3 is 2.70 bits per heavy atom. The molecule has 0 spiro atoms. The molecule has 1 fully saturated rings. The molecular weight excluding hydrogens is 292 g/mol. The van der Waals surface area contributed by atoms with E-state index in [9.17, 15) is 9.59 Å². The van der Waals surface area contributed by atoms with Gasteiger partial charge >= 0.3 is 11.9 Å². The quantitative estimate of drug-likeness (QED) is 0.633. The lowest BCUT2D eigenvalue weighted by atomic mass is 9.68. The second-order valence-electron chi connectivity index (χ2n) is 6.58. The smallest absolute Gasteiger partial charge is 0.338 e. The summed E-state index contributed by atoms with van der Waals surface area (Å²) in [7, 11) is 0. The molecule has 0 bridgehead atoms. The van der Waals surface area contributed by atoms with Crippen LogP contribution >= 0.6 is 0 Å². The van der Waals surface area contributed by atoms with Gasteiger partial charge in [-0.2, -0.15) is 0 Å². The van der Waals surface area contributed by atoms with Gasteiger partial charge in [-0.25, -0.2) is 4.79 Å². The number of benzene rings is 1. The third-order valence-electron chi connectivity index (χ3n) is 4.89. The molecule has 1 aromatic carbocycles. The van der Waals surface area contributed by atoms with E-state index < -0.39 is 0 Å². The second kappa shape index (κ2) is 6.57. The van der Waals surface area contributed by atoms with Gasteiger partial charge in [0.2, 0.25) is 0 Å². The Labute approximate surface area is 136 Å². The standard InChI is InChI=1S/C19H22O4/c1-19(16-8-5-13-22-18(16)21)11-9-15(10-12-19)23-17(20)14-6-3-2-4-7-14/h2-4,6-7,9,11,15-16H,5,8,10,12-13H2,1H3/t15-,16-,19-/m1/s1. The van der Waals surface area contributed by atoms with Crippen LogP contribution in [-0.2, 0) is 14.3 Å². The molecule has 1 aliphatic carbocycles. The highest BCUT2D eigenvalue weighted by atomic mass is 16.5. The van der Waals surface area contributed by atoms with Gasteiger partial charge in [0.15, 0.2) is 0 Å². The second-order valence-corrected chi connectivity index (χ2v) is 6.58. The van der Waals surface area contributed by atoms with Crippen LogP contribution in [0.2, 0.25) is 0 Å². The highest BCUT2D eigenvalue weighted by molar-refractivity contribution is 5.89. The van der Waals surface area contributed by atoms with Gasteiger partial charge in [0, 0.05) is 0 Å². The monoisotopic (exact) mass is 314 g/mol. The third kappa shape index (κ3) is 3.46. The molecule has 0 radical (unpaired) electrons. The summed E-state index contributed by atoms with van der Waals surface area (Å²) in [6.45, 7) is 2.63. The maximum atomic E-state index is 12.1. The molecule has 0 amide bonds. The van der Waals surface area contributed by atoms with Gasteiger partial charge in [0.05, 0.1) is 18.1 Å². The van der Waals surface area contributed by atoms with Crippen molar-refractivity contribution in [1.29, 1.82) is 0 Å². The van der Waals surface area contributed by atoms with Gasteiger partial charge in [-0.15, -0.1) is 0 Å². The van der Waals surface area contributed by atoms with E-state index in [-0.39, 0.29) is 29.4 Å².